The molecule has 1 fully saturated rings. The summed E-state index contributed by atoms with van der Waals surface area (Å²) in [6, 6.07) is 29.7. The first-order chi connectivity index (χ1) is 14.7. The molecule has 0 bridgehead atoms. The molecule has 5 heteroatoms. The van der Waals surface area contributed by atoms with Gasteiger partial charge in [-0.15, -0.1) is 11.8 Å². The predicted octanol–water partition coefficient (Wildman–Crippen LogP) is 5.48. The standard InChI is InChI=1S/C25H25BrN2OS/c26-22-11-13-23(14-12-22)30-19-24(29)27-15-17-28(18-16-27)25(20-7-3-1-4-8-20)21-9-5-2-6-10-21/h1-14,25H,15-19H2. The number of benzene rings is 3. The van der Waals surface area contributed by atoms with Crippen LogP contribution in [-0.2, 0) is 4.79 Å². The summed E-state index contributed by atoms with van der Waals surface area (Å²) in [7, 11) is 0. The maximum absolute atomic E-state index is 12.7. The van der Waals surface area contributed by atoms with Gasteiger partial charge in [-0.25, -0.2) is 0 Å². The van der Waals surface area contributed by atoms with Crippen LogP contribution in [0.4, 0.5) is 0 Å². The molecular weight excluding hydrogens is 456 g/mol. The number of rotatable bonds is 6. The molecule has 0 radical (unpaired) electrons. The Morgan fingerprint density at radius 2 is 1.33 bits per heavy atom. The van der Waals surface area contributed by atoms with E-state index in [2.05, 4.69) is 81.5 Å². The van der Waals surface area contributed by atoms with Gasteiger partial charge < -0.3 is 4.90 Å². The summed E-state index contributed by atoms with van der Waals surface area (Å²) in [6.45, 7) is 3.30. The highest BCUT2D eigenvalue weighted by Crippen LogP contribution is 2.29. The molecule has 1 aliphatic rings. The Morgan fingerprint density at radius 3 is 1.87 bits per heavy atom. The van der Waals surface area contributed by atoms with Crippen molar-refractivity contribution < 1.29 is 4.79 Å². The molecule has 0 unspecified atom stereocenters. The lowest BCUT2D eigenvalue weighted by Gasteiger charge is -2.39. The highest BCUT2D eigenvalue weighted by Gasteiger charge is 2.28. The van der Waals surface area contributed by atoms with Crippen molar-refractivity contribution in [3.63, 3.8) is 0 Å². The van der Waals surface area contributed by atoms with E-state index in [4.69, 9.17) is 0 Å². The average molecular weight is 481 g/mol. The van der Waals surface area contributed by atoms with Crippen LogP contribution in [0.5, 0.6) is 0 Å². The predicted molar refractivity (Wildman–Crippen MR) is 128 cm³/mol. The third-order valence-electron chi connectivity index (χ3n) is 5.44. The van der Waals surface area contributed by atoms with Gasteiger partial charge in [0.05, 0.1) is 11.8 Å². The maximum atomic E-state index is 12.7. The fourth-order valence-electron chi connectivity index (χ4n) is 3.88. The molecule has 3 aromatic rings. The van der Waals surface area contributed by atoms with Crippen LogP contribution in [0.15, 0.2) is 94.3 Å². The molecule has 4 rings (SSSR count). The number of hydrogen-bond acceptors (Lipinski definition) is 3. The largest absolute Gasteiger partial charge is 0.339 e. The zero-order valence-electron chi connectivity index (χ0n) is 16.8. The lowest BCUT2D eigenvalue weighted by Crippen LogP contribution is -2.50. The lowest BCUT2D eigenvalue weighted by atomic mass is 9.96. The zero-order valence-corrected chi connectivity index (χ0v) is 19.2. The third kappa shape index (κ3) is 5.34. The molecule has 0 atom stereocenters. The van der Waals surface area contributed by atoms with Gasteiger partial charge in [-0.2, -0.15) is 0 Å². The molecule has 0 saturated carbocycles. The van der Waals surface area contributed by atoms with Crippen molar-refractivity contribution in [3.8, 4) is 0 Å². The first-order valence-corrected chi connectivity index (χ1v) is 12.0. The Balaban J connectivity index is 1.38. The first-order valence-electron chi connectivity index (χ1n) is 10.2. The number of nitrogens with zero attached hydrogens (tertiary/aromatic N) is 2. The zero-order chi connectivity index (χ0) is 20.8. The summed E-state index contributed by atoms with van der Waals surface area (Å²) < 4.78 is 1.06. The van der Waals surface area contributed by atoms with E-state index in [9.17, 15) is 4.79 Å². The van der Waals surface area contributed by atoms with E-state index in [1.165, 1.54) is 11.1 Å². The molecule has 0 N–H and O–H groups in total. The minimum Gasteiger partial charge on any atom is -0.339 e. The molecule has 3 aromatic carbocycles. The summed E-state index contributed by atoms with van der Waals surface area (Å²) in [5.74, 6) is 0.709. The Hall–Kier alpha value is -2.08. The van der Waals surface area contributed by atoms with Gasteiger partial charge in [0, 0.05) is 35.5 Å². The maximum Gasteiger partial charge on any atom is 0.233 e. The van der Waals surface area contributed by atoms with Crippen molar-refractivity contribution in [2.24, 2.45) is 0 Å². The number of amides is 1. The van der Waals surface area contributed by atoms with Crippen molar-refractivity contribution in [1.82, 2.24) is 9.80 Å². The number of carbonyl (C=O) groups is 1. The molecular formula is C25H25BrN2OS. The van der Waals surface area contributed by atoms with E-state index in [1.807, 2.05) is 29.2 Å². The second-order valence-corrected chi connectivity index (χ2v) is 9.35. The summed E-state index contributed by atoms with van der Waals surface area (Å²) in [6.07, 6.45) is 0. The van der Waals surface area contributed by atoms with Gasteiger partial charge >= 0.3 is 0 Å². The number of halogens is 1. The van der Waals surface area contributed by atoms with Gasteiger partial charge in [-0.05, 0) is 35.4 Å². The molecule has 0 aliphatic carbocycles. The molecule has 1 amide bonds. The smallest absolute Gasteiger partial charge is 0.233 e. The molecule has 154 valence electrons. The van der Waals surface area contributed by atoms with Crippen molar-refractivity contribution in [2.45, 2.75) is 10.9 Å². The summed E-state index contributed by atoms with van der Waals surface area (Å²) >= 11 is 5.06. The number of thioether (sulfide) groups is 1. The summed E-state index contributed by atoms with van der Waals surface area (Å²) in [4.78, 5) is 18.4. The van der Waals surface area contributed by atoms with Crippen LogP contribution in [0.3, 0.4) is 0 Å². The van der Waals surface area contributed by atoms with E-state index in [1.54, 1.807) is 11.8 Å². The van der Waals surface area contributed by atoms with Crippen molar-refractivity contribution in [1.29, 1.82) is 0 Å². The van der Waals surface area contributed by atoms with Crippen molar-refractivity contribution in [2.75, 3.05) is 31.9 Å². The average Bonchev–Trinajstić information content (AvgIpc) is 2.81. The molecule has 1 saturated heterocycles. The van der Waals surface area contributed by atoms with Gasteiger partial charge in [-0.3, -0.25) is 9.69 Å². The van der Waals surface area contributed by atoms with E-state index in [-0.39, 0.29) is 11.9 Å². The molecule has 1 aliphatic heterocycles. The van der Waals surface area contributed by atoms with E-state index < -0.39 is 0 Å². The fourth-order valence-corrected chi connectivity index (χ4v) is 4.95. The van der Waals surface area contributed by atoms with Crippen LogP contribution in [0.1, 0.15) is 17.2 Å². The van der Waals surface area contributed by atoms with Gasteiger partial charge in [0.2, 0.25) is 5.91 Å². The van der Waals surface area contributed by atoms with Crippen molar-refractivity contribution >= 4 is 33.6 Å². The second kappa shape index (κ2) is 10.3. The monoisotopic (exact) mass is 480 g/mol. The molecule has 30 heavy (non-hydrogen) atoms. The highest BCUT2D eigenvalue weighted by molar-refractivity contribution is 9.10. The Kier molecular flexibility index (Phi) is 7.26. The Labute approximate surface area is 191 Å². The van der Waals surface area contributed by atoms with E-state index >= 15 is 0 Å². The molecule has 0 aromatic heterocycles. The fraction of sp³-hybridized carbons (Fsp3) is 0.240. The highest BCUT2D eigenvalue weighted by atomic mass is 79.9. The number of carbonyl (C=O) groups excluding carboxylic acids is 1. The van der Waals surface area contributed by atoms with Gasteiger partial charge in [0.25, 0.3) is 0 Å². The van der Waals surface area contributed by atoms with Crippen LogP contribution in [0, 0.1) is 0 Å². The van der Waals surface area contributed by atoms with Gasteiger partial charge in [0.15, 0.2) is 0 Å². The third-order valence-corrected chi connectivity index (χ3v) is 6.96. The van der Waals surface area contributed by atoms with Crippen LogP contribution < -0.4 is 0 Å². The minimum atomic E-state index is 0.221. The second-order valence-electron chi connectivity index (χ2n) is 7.38. The Bertz CT molecular complexity index is 902. The van der Waals surface area contributed by atoms with Crippen LogP contribution in [0.25, 0.3) is 0 Å². The molecule has 1 heterocycles. The molecule has 3 nitrogen and oxygen atoms in total. The summed E-state index contributed by atoms with van der Waals surface area (Å²) in [5, 5.41) is 0. The quantitative estimate of drug-likeness (QED) is 0.436. The lowest BCUT2D eigenvalue weighted by molar-refractivity contribution is -0.130. The first kappa shape index (κ1) is 21.2. The number of hydrogen-bond donors (Lipinski definition) is 0. The van der Waals surface area contributed by atoms with Crippen molar-refractivity contribution in [3.05, 3.63) is 101 Å². The number of piperazine rings is 1. The molecule has 0 spiro atoms. The van der Waals surface area contributed by atoms with Crippen LogP contribution in [0.2, 0.25) is 0 Å². The Morgan fingerprint density at radius 1 is 0.800 bits per heavy atom. The van der Waals surface area contributed by atoms with Crippen LogP contribution in [-0.4, -0.2) is 47.6 Å². The van der Waals surface area contributed by atoms with Crippen LogP contribution >= 0.6 is 27.7 Å². The SMILES string of the molecule is O=C(CSc1ccc(Br)cc1)N1CCN(C(c2ccccc2)c2ccccc2)CC1. The van der Waals surface area contributed by atoms with Gasteiger partial charge in [-0.1, -0.05) is 76.6 Å². The van der Waals surface area contributed by atoms with E-state index in [0.29, 0.717) is 5.75 Å². The summed E-state index contributed by atoms with van der Waals surface area (Å²) in [5.41, 5.74) is 2.60. The minimum absolute atomic E-state index is 0.221. The van der Waals surface area contributed by atoms with E-state index in [0.717, 1.165) is 35.5 Å². The normalized spacial score (nSPS) is 14.8. The van der Waals surface area contributed by atoms with Gasteiger partial charge in [0.1, 0.15) is 0 Å². The topological polar surface area (TPSA) is 23.6 Å².